The molecule has 0 radical (unpaired) electrons. The third kappa shape index (κ3) is 1.65. The van der Waals surface area contributed by atoms with Crippen LogP contribution in [-0.2, 0) is 6.42 Å². The van der Waals surface area contributed by atoms with Gasteiger partial charge in [-0.15, -0.1) is 0 Å². The molecule has 4 nitrogen and oxygen atoms in total. The first-order chi connectivity index (χ1) is 7.65. The largest absolute Gasteiger partial charge is 0.364 e. The minimum atomic E-state index is 0.637. The van der Waals surface area contributed by atoms with Crippen LogP contribution in [0.1, 0.15) is 11.5 Å². The summed E-state index contributed by atoms with van der Waals surface area (Å²) >= 11 is 0. The molecule has 4 heteroatoms. The lowest BCUT2D eigenvalue weighted by Gasteiger charge is -2.15. The first-order valence-electron chi connectivity index (χ1n) is 5.49. The molecule has 0 amide bonds. The zero-order valence-corrected chi connectivity index (χ0v) is 10.1. The molecule has 86 valence electrons. The van der Waals surface area contributed by atoms with E-state index in [0.29, 0.717) is 6.54 Å². The maximum atomic E-state index is 5.60. The Morgan fingerprint density at radius 3 is 2.75 bits per heavy atom. The minimum absolute atomic E-state index is 0.637. The SMILES string of the molecule is Cc1nc(CCN)c2cccc(N(C)C)n12. The van der Waals surface area contributed by atoms with Gasteiger partial charge in [0.1, 0.15) is 11.6 Å². The number of aryl methyl sites for hydroxylation is 1. The number of imidazole rings is 1. The van der Waals surface area contributed by atoms with Crippen molar-refractivity contribution in [3.05, 3.63) is 29.7 Å². The summed E-state index contributed by atoms with van der Waals surface area (Å²) in [6.45, 7) is 2.67. The highest BCUT2D eigenvalue weighted by atomic mass is 15.2. The predicted octanol–water partition coefficient (Wildman–Crippen LogP) is 1.21. The van der Waals surface area contributed by atoms with Crippen LogP contribution in [0, 0.1) is 6.92 Å². The average Bonchev–Trinajstić information content (AvgIpc) is 2.57. The van der Waals surface area contributed by atoms with Gasteiger partial charge in [0.15, 0.2) is 0 Å². The van der Waals surface area contributed by atoms with Gasteiger partial charge in [0, 0.05) is 20.5 Å². The first-order valence-corrected chi connectivity index (χ1v) is 5.49. The van der Waals surface area contributed by atoms with Crippen molar-refractivity contribution in [1.82, 2.24) is 9.38 Å². The number of rotatable bonds is 3. The van der Waals surface area contributed by atoms with Crippen LogP contribution in [0.5, 0.6) is 0 Å². The molecule has 16 heavy (non-hydrogen) atoms. The van der Waals surface area contributed by atoms with Gasteiger partial charge in [-0.2, -0.15) is 0 Å². The molecular formula is C12H18N4. The van der Waals surface area contributed by atoms with E-state index in [9.17, 15) is 0 Å². The van der Waals surface area contributed by atoms with Crippen molar-refractivity contribution in [2.75, 3.05) is 25.5 Å². The number of anilines is 1. The Hall–Kier alpha value is -1.55. The highest BCUT2D eigenvalue weighted by molar-refractivity contribution is 5.60. The summed E-state index contributed by atoms with van der Waals surface area (Å²) in [4.78, 5) is 6.67. The summed E-state index contributed by atoms with van der Waals surface area (Å²) in [5, 5.41) is 0. The van der Waals surface area contributed by atoms with Crippen molar-refractivity contribution in [1.29, 1.82) is 0 Å². The number of hydrogen-bond acceptors (Lipinski definition) is 3. The lowest BCUT2D eigenvalue weighted by Crippen LogP contribution is -2.13. The van der Waals surface area contributed by atoms with E-state index in [1.165, 1.54) is 0 Å². The first kappa shape index (κ1) is 11.0. The molecule has 0 saturated heterocycles. The van der Waals surface area contributed by atoms with Crippen molar-refractivity contribution in [2.45, 2.75) is 13.3 Å². The van der Waals surface area contributed by atoms with Crippen molar-refractivity contribution in [3.8, 4) is 0 Å². The molecule has 2 N–H and O–H groups in total. The van der Waals surface area contributed by atoms with E-state index in [4.69, 9.17) is 5.73 Å². The highest BCUT2D eigenvalue weighted by Gasteiger charge is 2.10. The maximum Gasteiger partial charge on any atom is 0.114 e. The Morgan fingerprint density at radius 2 is 2.12 bits per heavy atom. The third-order valence-corrected chi connectivity index (χ3v) is 2.72. The van der Waals surface area contributed by atoms with Crippen molar-refractivity contribution in [2.24, 2.45) is 5.73 Å². The number of hydrogen-bond donors (Lipinski definition) is 1. The molecule has 0 aromatic carbocycles. The van der Waals surface area contributed by atoms with Crippen LogP contribution in [0.2, 0.25) is 0 Å². The quantitative estimate of drug-likeness (QED) is 0.842. The molecule has 0 aliphatic heterocycles. The number of fused-ring (bicyclic) bond motifs is 1. The zero-order chi connectivity index (χ0) is 11.7. The topological polar surface area (TPSA) is 46.6 Å². The normalized spacial score (nSPS) is 11.0. The highest BCUT2D eigenvalue weighted by Crippen LogP contribution is 2.20. The molecule has 2 aromatic heterocycles. The van der Waals surface area contributed by atoms with Crippen LogP contribution in [-0.4, -0.2) is 30.0 Å². The van der Waals surface area contributed by atoms with E-state index < -0.39 is 0 Å². The van der Waals surface area contributed by atoms with E-state index in [1.807, 2.05) is 21.0 Å². The standard InChI is InChI=1S/C12H18N4/c1-9-14-10(7-8-13)11-5-4-6-12(15(2)3)16(9)11/h4-6H,7-8,13H2,1-3H3. The summed E-state index contributed by atoms with van der Waals surface area (Å²) in [5.41, 5.74) is 7.85. The zero-order valence-electron chi connectivity index (χ0n) is 10.1. The van der Waals surface area contributed by atoms with Crippen LogP contribution < -0.4 is 10.6 Å². The molecule has 0 atom stereocenters. The van der Waals surface area contributed by atoms with Crippen LogP contribution in [0.15, 0.2) is 18.2 Å². The van der Waals surface area contributed by atoms with Crippen LogP contribution in [0.25, 0.3) is 5.52 Å². The Morgan fingerprint density at radius 1 is 1.38 bits per heavy atom. The fraction of sp³-hybridized carbons (Fsp3) is 0.417. The second kappa shape index (κ2) is 4.14. The monoisotopic (exact) mass is 218 g/mol. The summed E-state index contributed by atoms with van der Waals surface area (Å²) in [6.07, 6.45) is 0.828. The summed E-state index contributed by atoms with van der Waals surface area (Å²) in [7, 11) is 4.08. The molecule has 0 bridgehead atoms. The molecule has 0 aliphatic carbocycles. The number of nitrogens with two attached hydrogens (primary N) is 1. The van der Waals surface area contributed by atoms with E-state index in [1.54, 1.807) is 0 Å². The minimum Gasteiger partial charge on any atom is -0.364 e. The summed E-state index contributed by atoms with van der Waals surface area (Å²) in [5.74, 6) is 2.16. The smallest absolute Gasteiger partial charge is 0.114 e. The molecule has 0 aliphatic rings. The van der Waals surface area contributed by atoms with Gasteiger partial charge in [0.25, 0.3) is 0 Å². The van der Waals surface area contributed by atoms with E-state index >= 15 is 0 Å². The third-order valence-electron chi connectivity index (χ3n) is 2.72. The summed E-state index contributed by atoms with van der Waals surface area (Å²) in [6, 6.07) is 6.25. The van der Waals surface area contributed by atoms with Crippen LogP contribution >= 0.6 is 0 Å². The van der Waals surface area contributed by atoms with Gasteiger partial charge >= 0.3 is 0 Å². The second-order valence-electron chi connectivity index (χ2n) is 4.14. The van der Waals surface area contributed by atoms with Crippen molar-refractivity contribution in [3.63, 3.8) is 0 Å². The molecular weight excluding hydrogens is 200 g/mol. The fourth-order valence-electron chi connectivity index (χ4n) is 2.04. The van der Waals surface area contributed by atoms with Crippen LogP contribution in [0.4, 0.5) is 5.82 Å². The maximum absolute atomic E-state index is 5.60. The number of nitrogens with zero attached hydrogens (tertiary/aromatic N) is 3. The van der Waals surface area contributed by atoms with E-state index in [2.05, 4.69) is 32.5 Å². The average molecular weight is 218 g/mol. The van der Waals surface area contributed by atoms with Gasteiger partial charge < -0.3 is 10.6 Å². The number of pyridine rings is 1. The summed E-state index contributed by atoms with van der Waals surface area (Å²) < 4.78 is 2.17. The predicted molar refractivity (Wildman–Crippen MR) is 67.0 cm³/mol. The lowest BCUT2D eigenvalue weighted by atomic mass is 10.2. The van der Waals surface area contributed by atoms with Gasteiger partial charge in [-0.1, -0.05) is 6.07 Å². The van der Waals surface area contributed by atoms with Gasteiger partial charge in [0.05, 0.1) is 11.2 Å². The van der Waals surface area contributed by atoms with Crippen LogP contribution in [0.3, 0.4) is 0 Å². The Bertz CT molecular complexity index is 499. The second-order valence-corrected chi connectivity index (χ2v) is 4.14. The van der Waals surface area contributed by atoms with Gasteiger partial charge in [0.2, 0.25) is 0 Å². The molecule has 0 unspecified atom stereocenters. The molecule has 0 fully saturated rings. The van der Waals surface area contributed by atoms with E-state index in [0.717, 1.165) is 29.3 Å². The molecule has 0 spiro atoms. The Labute approximate surface area is 95.7 Å². The lowest BCUT2D eigenvalue weighted by molar-refractivity contribution is 0.931. The van der Waals surface area contributed by atoms with Crippen molar-refractivity contribution >= 4 is 11.3 Å². The molecule has 2 aromatic rings. The molecule has 0 saturated carbocycles. The Kier molecular flexibility index (Phi) is 2.83. The van der Waals surface area contributed by atoms with Gasteiger partial charge in [-0.05, 0) is 25.6 Å². The number of aromatic nitrogens is 2. The molecule has 2 heterocycles. The molecule has 2 rings (SSSR count). The van der Waals surface area contributed by atoms with Gasteiger partial charge in [-0.3, -0.25) is 4.40 Å². The Balaban J connectivity index is 2.69. The van der Waals surface area contributed by atoms with Crippen molar-refractivity contribution < 1.29 is 0 Å². The fourth-order valence-corrected chi connectivity index (χ4v) is 2.04. The van der Waals surface area contributed by atoms with E-state index in [-0.39, 0.29) is 0 Å². The van der Waals surface area contributed by atoms with Gasteiger partial charge in [-0.25, -0.2) is 4.98 Å².